The molecule has 0 aromatic carbocycles. The van der Waals surface area contributed by atoms with Crippen LogP contribution in [0.5, 0.6) is 0 Å². The number of aliphatic hydroxyl groups is 1. The maximum atomic E-state index is 10.5. The topological polar surface area (TPSA) is 35.5 Å². The molecule has 1 heterocycles. The molecule has 100 valence electrons. The molecule has 1 aliphatic heterocycles. The Morgan fingerprint density at radius 1 is 1.18 bits per heavy atom. The minimum Gasteiger partial charge on any atom is -0.389 e. The summed E-state index contributed by atoms with van der Waals surface area (Å²) in [6, 6.07) is 0. The molecule has 1 saturated heterocycles. The van der Waals surface area contributed by atoms with Gasteiger partial charge in [-0.3, -0.25) is 0 Å². The summed E-state index contributed by atoms with van der Waals surface area (Å²) in [6.07, 6.45) is 8.35. The average molecular weight is 240 g/mol. The van der Waals surface area contributed by atoms with Crippen LogP contribution in [0.25, 0.3) is 0 Å². The van der Waals surface area contributed by atoms with Crippen LogP contribution in [0.1, 0.15) is 44.9 Å². The van der Waals surface area contributed by atoms with E-state index in [0.717, 1.165) is 31.8 Å². The van der Waals surface area contributed by atoms with Crippen molar-refractivity contribution < 1.29 is 5.11 Å². The summed E-state index contributed by atoms with van der Waals surface area (Å²) in [5.41, 5.74) is -0.367. The van der Waals surface area contributed by atoms with Crippen LogP contribution in [0.2, 0.25) is 0 Å². The van der Waals surface area contributed by atoms with Crippen molar-refractivity contribution in [1.82, 2.24) is 10.2 Å². The summed E-state index contributed by atoms with van der Waals surface area (Å²) in [6.45, 7) is 4.42. The molecule has 2 aliphatic rings. The first-order chi connectivity index (χ1) is 8.22. The number of rotatable bonds is 4. The Labute approximate surface area is 106 Å². The van der Waals surface area contributed by atoms with Gasteiger partial charge in [0.2, 0.25) is 0 Å². The van der Waals surface area contributed by atoms with Crippen molar-refractivity contribution in [3.05, 3.63) is 0 Å². The molecule has 3 nitrogen and oxygen atoms in total. The first-order valence-electron chi connectivity index (χ1n) is 7.31. The van der Waals surface area contributed by atoms with E-state index < -0.39 is 0 Å². The number of likely N-dealkylation sites (tertiary alicyclic amines) is 1. The first-order valence-corrected chi connectivity index (χ1v) is 7.31. The van der Waals surface area contributed by atoms with E-state index in [1.165, 1.54) is 45.2 Å². The Balaban J connectivity index is 1.73. The lowest BCUT2D eigenvalue weighted by molar-refractivity contribution is -0.0325. The Bertz CT molecular complexity index is 218. The second-order valence-corrected chi connectivity index (χ2v) is 6.06. The van der Waals surface area contributed by atoms with Crippen LogP contribution in [0.15, 0.2) is 0 Å². The molecule has 3 heteroatoms. The van der Waals surface area contributed by atoms with Crippen LogP contribution < -0.4 is 5.32 Å². The van der Waals surface area contributed by atoms with Crippen molar-refractivity contribution in [1.29, 1.82) is 0 Å². The zero-order valence-corrected chi connectivity index (χ0v) is 11.2. The van der Waals surface area contributed by atoms with Crippen LogP contribution in [0, 0.1) is 5.92 Å². The Hall–Kier alpha value is -0.120. The highest BCUT2D eigenvalue weighted by molar-refractivity contribution is 4.87. The predicted octanol–water partition coefficient (Wildman–Crippen LogP) is 1.61. The Morgan fingerprint density at radius 3 is 2.41 bits per heavy atom. The number of nitrogens with one attached hydrogen (secondary N) is 1. The SMILES string of the molecule is CNCC1CCN(CC2(O)CCCCC2)CC1. The van der Waals surface area contributed by atoms with Crippen molar-refractivity contribution in [2.24, 2.45) is 5.92 Å². The van der Waals surface area contributed by atoms with Crippen LogP contribution >= 0.6 is 0 Å². The second-order valence-electron chi connectivity index (χ2n) is 6.06. The van der Waals surface area contributed by atoms with Crippen molar-refractivity contribution in [3.63, 3.8) is 0 Å². The van der Waals surface area contributed by atoms with E-state index in [1.54, 1.807) is 0 Å². The summed E-state index contributed by atoms with van der Waals surface area (Å²) < 4.78 is 0. The van der Waals surface area contributed by atoms with Gasteiger partial charge in [-0.15, -0.1) is 0 Å². The molecule has 0 radical (unpaired) electrons. The van der Waals surface area contributed by atoms with E-state index >= 15 is 0 Å². The fourth-order valence-electron chi connectivity index (χ4n) is 3.42. The van der Waals surface area contributed by atoms with E-state index in [1.807, 2.05) is 7.05 Å². The third-order valence-electron chi connectivity index (χ3n) is 4.50. The molecule has 0 amide bonds. The lowest BCUT2D eigenvalue weighted by Gasteiger charge is -2.40. The van der Waals surface area contributed by atoms with Gasteiger partial charge in [-0.1, -0.05) is 19.3 Å². The van der Waals surface area contributed by atoms with Crippen molar-refractivity contribution in [3.8, 4) is 0 Å². The lowest BCUT2D eigenvalue weighted by Crippen LogP contribution is -2.47. The third-order valence-corrected chi connectivity index (χ3v) is 4.50. The average Bonchev–Trinajstić information content (AvgIpc) is 2.33. The van der Waals surface area contributed by atoms with Crippen LogP contribution in [0.3, 0.4) is 0 Å². The van der Waals surface area contributed by atoms with Gasteiger partial charge in [0.25, 0.3) is 0 Å². The van der Waals surface area contributed by atoms with Gasteiger partial charge >= 0.3 is 0 Å². The van der Waals surface area contributed by atoms with Crippen LogP contribution in [-0.4, -0.2) is 48.8 Å². The van der Waals surface area contributed by atoms with Gasteiger partial charge in [0, 0.05) is 6.54 Å². The van der Waals surface area contributed by atoms with E-state index in [-0.39, 0.29) is 5.60 Å². The maximum absolute atomic E-state index is 10.5. The summed E-state index contributed by atoms with van der Waals surface area (Å²) in [4.78, 5) is 2.48. The highest BCUT2D eigenvalue weighted by Gasteiger charge is 2.32. The quantitative estimate of drug-likeness (QED) is 0.784. The highest BCUT2D eigenvalue weighted by atomic mass is 16.3. The zero-order valence-electron chi connectivity index (χ0n) is 11.2. The van der Waals surface area contributed by atoms with E-state index in [0.29, 0.717) is 0 Å². The minimum atomic E-state index is -0.367. The van der Waals surface area contributed by atoms with Crippen molar-refractivity contribution in [2.45, 2.75) is 50.5 Å². The molecular formula is C14H28N2O. The molecule has 0 unspecified atom stereocenters. The molecule has 0 bridgehead atoms. The second kappa shape index (κ2) is 6.17. The van der Waals surface area contributed by atoms with Gasteiger partial charge in [-0.25, -0.2) is 0 Å². The molecule has 0 atom stereocenters. The molecular weight excluding hydrogens is 212 g/mol. The highest BCUT2D eigenvalue weighted by Crippen LogP contribution is 2.30. The molecule has 0 aromatic rings. The number of hydrogen-bond acceptors (Lipinski definition) is 3. The summed E-state index contributed by atoms with van der Waals surface area (Å²) in [5, 5.41) is 13.8. The van der Waals surface area contributed by atoms with Crippen LogP contribution in [0.4, 0.5) is 0 Å². The third kappa shape index (κ3) is 3.94. The Morgan fingerprint density at radius 2 is 1.82 bits per heavy atom. The fraction of sp³-hybridized carbons (Fsp3) is 1.00. The summed E-state index contributed by atoms with van der Waals surface area (Å²) in [5.74, 6) is 0.845. The largest absolute Gasteiger partial charge is 0.389 e. The Kier molecular flexibility index (Phi) is 4.83. The molecule has 0 aromatic heterocycles. The van der Waals surface area contributed by atoms with Crippen molar-refractivity contribution >= 4 is 0 Å². The normalized spacial score (nSPS) is 27.2. The zero-order chi connectivity index (χ0) is 12.1. The molecule has 2 N–H and O–H groups in total. The van der Waals surface area contributed by atoms with Crippen LogP contribution in [-0.2, 0) is 0 Å². The summed E-state index contributed by atoms with van der Waals surface area (Å²) in [7, 11) is 2.04. The first kappa shape index (κ1) is 13.3. The van der Waals surface area contributed by atoms with E-state index in [4.69, 9.17) is 0 Å². The molecule has 2 fully saturated rings. The van der Waals surface area contributed by atoms with Gasteiger partial charge in [-0.05, 0) is 58.3 Å². The van der Waals surface area contributed by atoms with Crippen molar-refractivity contribution in [2.75, 3.05) is 33.2 Å². The van der Waals surface area contributed by atoms with E-state index in [2.05, 4.69) is 10.2 Å². The molecule has 2 rings (SSSR count). The number of piperidine rings is 1. The summed E-state index contributed by atoms with van der Waals surface area (Å²) >= 11 is 0. The molecule has 0 spiro atoms. The van der Waals surface area contributed by atoms with Gasteiger partial charge < -0.3 is 15.3 Å². The van der Waals surface area contributed by atoms with Gasteiger partial charge in [0.15, 0.2) is 0 Å². The minimum absolute atomic E-state index is 0.367. The lowest BCUT2D eigenvalue weighted by atomic mass is 9.84. The number of β-amino-alcohol motifs (C(OH)–C–C–N with tert-alkyl or cyclic N) is 1. The monoisotopic (exact) mass is 240 g/mol. The van der Waals surface area contributed by atoms with Gasteiger partial charge in [0.05, 0.1) is 5.60 Å². The van der Waals surface area contributed by atoms with E-state index in [9.17, 15) is 5.11 Å². The molecule has 1 aliphatic carbocycles. The standard InChI is InChI=1S/C14H28N2O/c1-15-11-13-5-9-16(10-6-13)12-14(17)7-3-2-4-8-14/h13,15,17H,2-12H2,1H3. The van der Waals surface area contributed by atoms with Gasteiger partial charge in [0.1, 0.15) is 0 Å². The number of nitrogens with zero attached hydrogens (tertiary/aromatic N) is 1. The molecule has 17 heavy (non-hydrogen) atoms. The van der Waals surface area contributed by atoms with Gasteiger partial charge in [-0.2, -0.15) is 0 Å². The maximum Gasteiger partial charge on any atom is 0.0774 e. The fourth-order valence-corrected chi connectivity index (χ4v) is 3.42. The smallest absolute Gasteiger partial charge is 0.0774 e. The molecule has 1 saturated carbocycles. The number of hydrogen-bond donors (Lipinski definition) is 2. The predicted molar refractivity (Wildman–Crippen MR) is 71.1 cm³/mol.